The van der Waals surface area contributed by atoms with Crippen LogP contribution in [0.2, 0.25) is 0 Å². The van der Waals surface area contributed by atoms with E-state index in [1.165, 1.54) is 43.4 Å². The smallest absolute Gasteiger partial charge is 0.132 e. The van der Waals surface area contributed by atoms with Gasteiger partial charge in [-0.15, -0.1) is 0 Å². The second-order valence-electron chi connectivity index (χ2n) is 6.48. The van der Waals surface area contributed by atoms with Crippen molar-refractivity contribution < 1.29 is 0 Å². The van der Waals surface area contributed by atoms with E-state index in [0.29, 0.717) is 0 Å². The van der Waals surface area contributed by atoms with Crippen LogP contribution in [0.25, 0.3) is 0 Å². The molecule has 0 bridgehead atoms. The summed E-state index contributed by atoms with van der Waals surface area (Å²) in [5.74, 6) is 0. The standard InChI is InChI=1S/C22H28N2/c1-2-3-4-5-12-17-23-18-19-24(21-15-10-7-11-16-21)22(23)20-13-8-6-9-14-20/h6-11,13-16,18-19,22H,2-5,12,17H2,1H3. The first-order valence-corrected chi connectivity index (χ1v) is 9.22. The third-order valence-corrected chi connectivity index (χ3v) is 4.67. The highest BCUT2D eigenvalue weighted by atomic mass is 15.4. The summed E-state index contributed by atoms with van der Waals surface area (Å²) >= 11 is 0. The molecule has 0 saturated heterocycles. The predicted octanol–water partition coefficient (Wildman–Crippen LogP) is 5.95. The van der Waals surface area contributed by atoms with E-state index >= 15 is 0 Å². The quantitative estimate of drug-likeness (QED) is 0.555. The van der Waals surface area contributed by atoms with E-state index in [4.69, 9.17) is 0 Å². The highest BCUT2D eigenvalue weighted by molar-refractivity contribution is 5.53. The number of unbranched alkanes of at least 4 members (excludes halogenated alkanes) is 4. The Morgan fingerprint density at radius 1 is 0.750 bits per heavy atom. The summed E-state index contributed by atoms with van der Waals surface area (Å²) in [5, 5.41) is 0. The minimum absolute atomic E-state index is 0.264. The molecular formula is C22H28N2. The van der Waals surface area contributed by atoms with E-state index in [-0.39, 0.29) is 6.17 Å². The summed E-state index contributed by atoms with van der Waals surface area (Å²) in [6.07, 6.45) is 11.3. The monoisotopic (exact) mass is 320 g/mol. The number of para-hydroxylation sites is 1. The second kappa shape index (κ2) is 8.58. The zero-order valence-electron chi connectivity index (χ0n) is 14.6. The average Bonchev–Trinajstić information content (AvgIpc) is 3.07. The fourth-order valence-electron chi connectivity index (χ4n) is 3.38. The van der Waals surface area contributed by atoms with Gasteiger partial charge in [-0.1, -0.05) is 81.1 Å². The normalized spacial score (nSPS) is 16.8. The van der Waals surface area contributed by atoms with E-state index < -0.39 is 0 Å². The van der Waals surface area contributed by atoms with Crippen molar-refractivity contribution in [2.75, 3.05) is 11.4 Å². The highest BCUT2D eigenvalue weighted by Crippen LogP contribution is 2.35. The van der Waals surface area contributed by atoms with Crippen LogP contribution in [0, 0.1) is 0 Å². The van der Waals surface area contributed by atoms with E-state index in [1.807, 2.05) is 0 Å². The molecule has 1 heterocycles. The summed E-state index contributed by atoms with van der Waals surface area (Å²) in [5.41, 5.74) is 2.59. The van der Waals surface area contributed by atoms with Crippen molar-refractivity contribution in [3.63, 3.8) is 0 Å². The van der Waals surface area contributed by atoms with Crippen molar-refractivity contribution in [1.82, 2.24) is 4.90 Å². The Bertz CT molecular complexity index is 621. The largest absolute Gasteiger partial charge is 0.352 e. The minimum atomic E-state index is 0.264. The molecule has 2 nitrogen and oxygen atoms in total. The zero-order valence-corrected chi connectivity index (χ0v) is 14.6. The minimum Gasteiger partial charge on any atom is -0.352 e. The summed E-state index contributed by atoms with van der Waals surface area (Å²) in [7, 11) is 0. The lowest BCUT2D eigenvalue weighted by molar-refractivity contribution is 0.297. The Hall–Kier alpha value is -2.22. The molecule has 0 N–H and O–H groups in total. The molecule has 0 aromatic heterocycles. The first kappa shape index (κ1) is 16.6. The van der Waals surface area contributed by atoms with Gasteiger partial charge in [0.05, 0.1) is 0 Å². The Kier molecular flexibility index (Phi) is 5.95. The number of hydrogen-bond donors (Lipinski definition) is 0. The molecule has 1 unspecified atom stereocenters. The van der Waals surface area contributed by atoms with Crippen LogP contribution < -0.4 is 4.90 Å². The number of rotatable bonds is 8. The lowest BCUT2D eigenvalue weighted by atomic mass is 10.1. The molecule has 0 saturated carbocycles. The van der Waals surface area contributed by atoms with Gasteiger partial charge in [-0.2, -0.15) is 0 Å². The van der Waals surface area contributed by atoms with Gasteiger partial charge >= 0.3 is 0 Å². The SMILES string of the molecule is CCCCCCCN1C=CN(c2ccccc2)C1c1ccccc1. The Morgan fingerprint density at radius 2 is 1.42 bits per heavy atom. The van der Waals surface area contributed by atoms with Crippen molar-refractivity contribution in [2.45, 2.75) is 45.2 Å². The van der Waals surface area contributed by atoms with Gasteiger partial charge in [-0.25, -0.2) is 0 Å². The van der Waals surface area contributed by atoms with E-state index in [1.54, 1.807) is 0 Å². The van der Waals surface area contributed by atoms with Crippen LogP contribution in [0.3, 0.4) is 0 Å². The van der Waals surface area contributed by atoms with E-state index in [2.05, 4.69) is 89.8 Å². The Labute approximate surface area is 146 Å². The van der Waals surface area contributed by atoms with Crippen molar-refractivity contribution in [2.24, 2.45) is 0 Å². The second-order valence-corrected chi connectivity index (χ2v) is 6.48. The van der Waals surface area contributed by atoms with Crippen LogP contribution in [0.4, 0.5) is 5.69 Å². The predicted molar refractivity (Wildman–Crippen MR) is 103 cm³/mol. The summed E-state index contributed by atoms with van der Waals surface area (Å²) in [6, 6.07) is 21.5. The summed E-state index contributed by atoms with van der Waals surface area (Å²) < 4.78 is 0. The van der Waals surface area contributed by atoms with Crippen LogP contribution in [-0.2, 0) is 0 Å². The van der Waals surface area contributed by atoms with Gasteiger partial charge in [-0.3, -0.25) is 0 Å². The number of anilines is 1. The average molecular weight is 320 g/mol. The van der Waals surface area contributed by atoms with Crippen molar-refractivity contribution >= 4 is 5.69 Å². The lowest BCUT2D eigenvalue weighted by Crippen LogP contribution is -2.31. The molecule has 1 aliphatic heterocycles. The van der Waals surface area contributed by atoms with Gasteiger partial charge in [0.1, 0.15) is 6.17 Å². The molecule has 0 aliphatic carbocycles. The van der Waals surface area contributed by atoms with E-state index in [0.717, 1.165) is 6.54 Å². The van der Waals surface area contributed by atoms with Gasteiger partial charge in [0.25, 0.3) is 0 Å². The number of benzene rings is 2. The third-order valence-electron chi connectivity index (χ3n) is 4.67. The van der Waals surface area contributed by atoms with Crippen LogP contribution in [-0.4, -0.2) is 11.4 Å². The maximum Gasteiger partial charge on any atom is 0.132 e. The van der Waals surface area contributed by atoms with Gasteiger partial charge in [0.15, 0.2) is 0 Å². The molecular weight excluding hydrogens is 292 g/mol. The fraction of sp³-hybridized carbons (Fsp3) is 0.364. The van der Waals surface area contributed by atoms with Gasteiger partial charge in [0.2, 0.25) is 0 Å². The summed E-state index contributed by atoms with van der Waals surface area (Å²) in [4.78, 5) is 4.86. The molecule has 2 aromatic rings. The summed E-state index contributed by atoms with van der Waals surface area (Å²) in [6.45, 7) is 3.38. The maximum absolute atomic E-state index is 2.48. The zero-order chi connectivity index (χ0) is 16.6. The molecule has 0 radical (unpaired) electrons. The van der Waals surface area contributed by atoms with Crippen LogP contribution in [0.15, 0.2) is 73.1 Å². The van der Waals surface area contributed by atoms with Crippen LogP contribution in [0.5, 0.6) is 0 Å². The molecule has 1 atom stereocenters. The molecule has 126 valence electrons. The van der Waals surface area contributed by atoms with Gasteiger partial charge in [-0.05, 0) is 24.1 Å². The van der Waals surface area contributed by atoms with Crippen LogP contribution in [0.1, 0.15) is 50.8 Å². The molecule has 3 rings (SSSR count). The first-order chi connectivity index (χ1) is 11.9. The first-order valence-electron chi connectivity index (χ1n) is 9.22. The topological polar surface area (TPSA) is 6.48 Å². The molecule has 1 aliphatic rings. The van der Waals surface area contributed by atoms with Crippen molar-refractivity contribution in [1.29, 1.82) is 0 Å². The Balaban J connectivity index is 1.73. The Morgan fingerprint density at radius 3 is 2.12 bits per heavy atom. The molecule has 0 amide bonds. The molecule has 0 spiro atoms. The molecule has 2 heteroatoms. The van der Waals surface area contributed by atoms with Crippen LogP contribution >= 0.6 is 0 Å². The highest BCUT2D eigenvalue weighted by Gasteiger charge is 2.28. The molecule has 0 fully saturated rings. The van der Waals surface area contributed by atoms with E-state index in [9.17, 15) is 0 Å². The number of nitrogens with zero attached hydrogens (tertiary/aromatic N) is 2. The maximum atomic E-state index is 2.48. The molecule has 2 aromatic carbocycles. The van der Waals surface area contributed by atoms with Crippen molar-refractivity contribution in [3.8, 4) is 0 Å². The third kappa shape index (κ3) is 4.00. The molecule has 24 heavy (non-hydrogen) atoms. The number of hydrogen-bond acceptors (Lipinski definition) is 2. The van der Waals surface area contributed by atoms with Crippen molar-refractivity contribution in [3.05, 3.63) is 78.6 Å². The van der Waals surface area contributed by atoms with Gasteiger partial charge in [0, 0.05) is 24.6 Å². The fourth-order valence-corrected chi connectivity index (χ4v) is 3.38. The van der Waals surface area contributed by atoms with Gasteiger partial charge < -0.3 is 9.80 Å². The lowest BCUT2D eigenvalue weighted by Gasteiger charge is -2.33.